The number of carbonyl (C=O) groups is 1. The Bertz CT molecular complexity index is 963. The average Bonchev–Trinajstić information content (AvgIpc) is 3.12. The van der Waals surface area contributed by atoms with E-state index in [0.717, 1.165) is 29.5 Å². The molecule has 1 aromatic heterocycles. The van der Waals surface area contributed by atoms with Crippen molar-refractivity contribution < 1.29 is 22.0 Å². The van der Waals surface area contributed by atoms with E-state index in [0.29, 0.717) is 25.8 Å². The second-order valence-electron chi connectivity index (χ2n) is 6.66. The summed E-state index contributed by atoms with van der Waals surface area (Å²) in [4.78, 5) is 16.7. The van der Waals surface area contributed by atoms with Gasteiger partial charge in [-0.2, -0.15) is 0 Å². The normalized spacial score (nSPS) is 18.2. The minimum Gasteiger partial charge on any atom is -0.302 e. The predicted octanol–water partition coefficient (Wildman–Crippen LogP) is 3.48. The number of amides is 1. The van der Waals surface area contributed by atoms with Gasteiger partial charge in [-0.05, 0) is 37.5 Å². The molecule has 6 nitrogen and oxygen atoms in total. The number of rotatable bonds is 6. The SMILES string of the molecule is CCCS(=O)(=O)N1CCC[C@@H](C(=O)Nc2nc(-c3cc(F)ccc3F)cs2)C1. The number of benzene rings is 1. The Balaban J connectivity index is 1.68. The lowest BCUT2D eigenvalue weighted by atomic mass is 9.99. The number of piperidine rings is 1. The van der Waals surface area contributed by atoms with Gasteiger partial charge in [-0.1, -0.05) is 6.92 Å². The van der Waals surface area contributed by atoms with E-state index in [1.165, 1.54) is 9.69 Å². The molecule has 1 aromatic carbocycles. The molecule has 152 valence electrons. The Kier molecular flexibility index (Phi) is 6.41. The number of nitrogens with one attached hydrogen (secondary N) is 1. The lowest BCUT2D eigenvalue weighted by Gasteiger charge is -2.30. The molecule has 2 heterocycles. The van der Waals surface area contributed by atoms with Gasteiger partial charge in [0.1, 0.15) is 11.6 Å². The highest BCUT2D eigenvalue weighted by Gasteiger charge is 2.32. The molecule has 0 bridgehead atoms. The molecule has 0 aliphatic carbocycles. The zero-order valence-electron chi connectivity index (χ0n) is 15.3. The van der Waals surface area contributed by atoms with Gasteiger partial charge >= 0.3 is 0 Å². The van der Waals surface area contributed by atoms with E-state index in [2.05, 4.69) is 10.3 Å². The van der Waals surface area contributed by atoms with E-state index >= 15 is 0 Å². The van der Waals surface area contributed by atoms with Crippen molar-refractivity contribution >= 4 is 32.4 Å². The maximum absolute atomic E-state index is 13.9. The number of sulfonamides is 1. The standard InChI is InChI=1S/C18H21F2N3O3S2/c1-2-8-28(25,26)23-7-3-4-12(10-23)17(24)22-18-21-16(11-27-18)14-9-13(19)5-6-15(14)20/h5-6,9,11-12H,2-4,7-8,10H2,1H3,(H,21,22,24)/t12-/m1/s1. The topological polar surface area (TPSA) is 79.4 Å². The third kappa shape index (κ3) is 4.73. The second-order valence-corrected chi connectivity index (χ2v) is 9.61. The highest BCUT2D eigenvalue weighted by Crippen LogP contribution is 2.28. The maximum Gasteiger partial charge on any atom is 0.230 e. The van der Waals surface area contributed by atoms with Crippen LogP contribution in [0.25, 0.3) is 11.3 Å². The number of nitrogens with zero attached hydrogens (tertiary/aromatic N) is 2. The number of thiazole rings is 1. The number of carbonyl (C=O) groups excluding carboxylic acids is 1. The van der Waals surface area contributed by atoms with Gasteiger partial charge in [0.15, 0.2) is 5.13 Å². The molecule has 1 amide bonds. The number of anilines is 1. The van der Waals surface area contributed by atoms with Crippen molar-refractivity contribution in [3.8, 4) is 11.3 Å². The smallest absolute Gasteiger partial charge is 0.230 e. The number of hydrogen-bond donors (Lipinski definition) is 1. The average molecular weight is 430 g/mol. The summed E-state index contributed by atoms with van der Waals surface area (Å²) in [6, 6.07) is 3.10. The van der Waals surface area contributed by atoms with Gasteiger partial charge in [0.25, 0.3) is 0 Å². The third-order valence-corrected chi connectivity index (χ3v) is 7.35. The van der Waals surface area contributed by atoms with Crippen molar-refractivity contribution in [1.29, 1.82) is 0 Å². The monoisotopic (exact) mass is 429 g/mol. The molecule has 1 atom stereocenters. The van der Waals surface area contributed by atoms with Gasteiger partial charge in [-0.25, -0.2) is 26.5 Å². The zero-order chi connectivity index (χ0) is 20.3. The molecular formula is C18H21F2N3O3S2. The Morgan fingerprint density at radius 1 is 1.39 bits per heavy atom. The fraction of sp³-hybridized carbons (Fsp3) is 0.444. The molecule has 0 saturated carbocycles. The summed E-state index contributed by atoms with van der Waals surface area (Å²) in [5, 5.41) is 4.47. The van der Waals surface area contributed by atoms with Crippen LogP contribution >= 0.6 is 11.3 Å². The summed E-state index contributed by atoms with van der Waals surface area (Å²) < 4.78 is 53.1. The van der Waals surface area contributed by atoms with Gasteiger partial charge in [0.2, 0.25) is 15.9 Å². The van der Waals surface area contributed by atoms with Crippen LogP contribution in [0.1, 0.15) is 26.2 Å². The summed E-state index contributed by atoms with van der Waals surface area (Å²) in [6.45, 7) is 2.37. The minimum absolute atomic E-state index is 0.0197. The van der Waals surface area contributed by atoms with Crippen LogP contribution in [0, 0.1) is 17.6 Å². The van der Waals surface area contributed by atoms with Crippen LogP contribution in [-0.2, 0) is 14.8 Å². The molecule has 0 spiro atoms. The molecule has 28 heavy (non-hydrogen) atoms. The first-order valence-corrected chi connectivity index (χ1v) is 11.5. The predicted molar refractivity (Wildman–Crippen MR) is 104 cm³/mol. The van der Waals surface area contributed by atoms with E-state index in [1.54, 1.807) is 6.92 Å². The zero-order valence-corrected chi connectivity index (χ0v) is 17.0. The molecule has 0 unspecified atom stereocenters. The number of hydrogen-bond acceptors (Lipinski definition) is 5. The number of halogens is 2. The molecule has 1 N–H and O–H groups in total. The van der Waals surface area contributed by atoms with Crippen LogP contribution in [0.3, 0.4) is 0 Å². The maximum atomic E-state index is 13.9. The Labute approximate surface area is 166 Å². The van der Waals surface area contributed by atoms with Crippen molar-refractivity contribution in [2.75, 3.05) is 24.2 Å². The van der Waals surface area contributed by atoms with E-state index in [-0.39, 0.29) is 34.6 Å². The first-order valence-electron chi connectivity index (χ1n) is 9.00. The van der Waals surface area contributed by atoms with E-state index < -0.39 is 27.6 Å². The number of aromatic nitrogens is 1. The highest BCUT2D eigenvalue weighted by atomic mass is 32.2. The van der Waals surface area contributed by atoms with Crippen molar-refractivity contribution in [3.63, 3.8) is 0 Å². The molecule has 3 rings (SSSR count). The summed E-state index contributed by atoms with van der Waals surface area (Å²) in [5.41, 5.74) is 0.249. The molecular weight excluding hydrogens is 408 g/mol. The van der Waals surface area contributed by atoms with Crippen LogP contribution in [0.15, 0.2) is 23.6 Å². The molecule has 1 fully saturated rings. The van der Waals surface area contributed by atoms with Gasteiger partial charge in [-0.15, -0.1) is 11.3 Å². The fourth-order valence-corrected chi connectivity index (χ4v) is 5.45. The lowest BCUT2D eigenvalue weighted by Crippen LogP contribution is -2.44. The van der Waals surface area contributed by atoms with Gasteiger partial charge in [0.05, 0.1) is 17.4 Å². The Morgan fingerprint density at radius 3 is 2.93 bits per heavy atom. The first-order chi connectivity index (χ1) is 13.3. The molecule has 0 radical (unpaired) electrons. The summed E-state index contributed by atoms with van der Waals surface area (Å²) >= 11 is 1.10. The van der Waals surface area contributed by atoms with Crippen molar-refractivity contribution in [2.45, 2.75) is 26.2 Å². The molecule has 1 aliphatic rings. The van der Waals surface area contributed by atoms with Crippen molar-refractivity contribution in [2.24, 2.45) is 5.92 Å². The molecule has 1 aliphatic heterocycles. The van der Waals surface area contributed by atoms with Crippen LogP contribution in [0.4, 0.5) is 13.9 Å². The molecule has 2 aromatic rings. The molecule has 1 saturated heterocycles. The van der Waals surface area contributed by atoms with Crippen LogP contribution in [-0.4, -0.2) is 42.5 Å². The summed E-state index contributed by atoms with van der Waals surface area (Å²) in [5.74, 6) is -1.91. The minimum atomic E-state index is -3.35. The van der Waals surface area contributed by atoms with E-state index in [9.17, 15) is 22.0 Å². The van der Waals surface area contributed by atoms with Crippen molar-refractivity contribution in [1.82, 2.24) is 9.29 Å². The molecule has 10 heteroatoms. The van der Waals surface area contributed by atoms with Crippen LogP contribution in [0.5, 0.6) is 0 Å². The largest absolute Gasteiger partial charge is 0.302 e. The van der Waals surface area contributed by atoms with Crippen LogP contribution in [0.2, 0.25) is 0 Å². The Hall–Kier alpha value is -1.91. The third-order valence-electron chi connectivity index (χ3n) is 4.55. The van der Waals surface area contributed by atoms with E-state index in [4.69, 9.17) is 0 Å². The quantitative estimate of drug-likeness (QED) is 0.763. The van der Waals surface area contributed by atoms with Gasteiger partial charge in [-0.3, -0.25) is 4.79 Å². The van der Waals surface area contributed by atoms with Crippen LogP contribution < -0.4 is 5.32 Å². The van der Waals surface area contributed by atoms with Crippen molar-refractivity contribution in [3.05, 3.63) is 35.2 Å². The van der Waals surface area contributed by atoms with Gasteiger partial charge in [0, 0.05) is 24.0 Å². The highest BCUT2D eigenvalue weighted by molar-refractivity contribution is 7.89. The van der Waals surface area contributed by atoms with E-state index in [1.807, 2.05) is 0 Å². The van der Waals surface area contributed by atoms with Gasteiger partial charge < -0.3 is 5.32 Å². The first kappa shape index (κ1) is 20.8. The summed E-state index contributed by atoms with van der Waals surface area (Å²) in [6.07, 6.45) is 1.72. The lowest BCUT2D eigenvalue weighted by molar-refractivity contribution is -0.120. The fourth-order valence-electron chi connectivity index (χ4n) is 3.15. The summed E-state index contributed by atoms with van der Waals surface area (Å²) in [7, 11) is -3.35. The Morgan fingerprint density at radius 2 is 2.18 bits per heavy atom. The second kappa shape index (κ2) is 8.62.